The number of hydrogen-bond acceptors (Lipinski definition) is 5. The molecule has 4 rings (SSSR count). The fourth-order valence-electron chi connectivity index (χ4n) is 4.06. The molecule has 0 amide bonds. The van der Waals surface area contributed by atoms with E-state index in [0.717, 1.165) is 75.7 Å². The number of hydrogen-bond donors (Lipinski definition) is 1. The van der Waals surface area contributed by atoms with Crippen molar-refractivity contribution in [2.24, 2.45) is 10.9 Å². The number of halogens is 1. The topological polar surface area (TPSA) is 64.6 Å². The van der Waals surface area contributed by atoms with E-state index in [1.807, 2.05) is 6.07 Å². The van der Waals surface area contributed by atoms with Gasteiger partial charge in [-0.05, 0) is 56.2 Å². The van der Waals surface area contributed by atoms with E-state index in [0.29, 0.717) is 13.3 Å². The second-order valence-electron chi connectivity index (χ2n) is 8.57. The number of nitrogens with one attached hydrogen (secondary N) is 1. The smallest absolute Gasteiger partial charge is 0.231 e. The van der Waals surface area contributed by atoms with Gasteiger partial charge in [-0.3, -0.25) is 4.99 Å². The highest BCUT2D eigenvalue weighted by Gasteiger charge is 2.36. The first-order chi connectivity index (χ1) is 14.7. The molecule has 1 aromatic rings. The predicted octanol–water partition coefficient (Wildman–Crippen LogP) is 3.41. The van der Waals surface area contributed by atoms with Crippen molar-refractivity contribution >= 4 is 29.9 Å². The summed E-state index contributed by atoms with van der Waals surface area (Å²) in [6, 6.07) is 6.31. The molecule has 1 saturated carbocycles. The maximum atomic E-state index is 5.82. The zero-order valence-corrected chi connectivity index (χ0v) is 21.1. The minimum absolute atomic E-state index is 0. The molecule has 0 bridgehead atoms. The molecule has 0 spiro atoms. The van der Waals surface area contributed by atoms with Crippen molar-refractivity contribution in [2.75, 3.05) is 59.9 Å². The van der Waals surface area contributed by atoms with Crippen LogP contribution in [-0.2, 0) is 14.9 Å². The third-order valence-corrected chi connectivity index (χ3v) is 6.28. The van der Waals surface area contributed by atoms with Gasteiger partial charge in [0.2, 0.25) is 6.79 Å². The highest BCUT2D eigenvalue weighted by molar-refractivity contribution is 14.0. The third-order valence-electron chi connectivity index (χ3n) is 6.28. The first kappa shape index (κ1) is 24.4. The van der Waals surface area contributed by atoms with Crippen molar-refractivity contribution in [3.8, 4) is 11.5 Å². The Morgan fingerprint density at radius 2 is 2.00 bits per heavy atom. The van der Waals surface area contributed by atoms with Crippen LogP contribution in [0.3, 0.4) is 0 Å². The maximum absolute atomic E-state index is 5.82. The number of fused-ring (bicyclic) bond motifs is 1. The fourth-order valence-corrected chi connectivity index (χ4v) is 4.06. The molecule has 2 aliphatic heterocycles. The van der Waals surface area contributed by atoms with E-state index in [4.69, 9.17) is 23.9 Å². The van der Waals surface area contributed by atoms with Gasteiger partial charge in [0, 0.05) is 45.4 Å². The monoisotopic (exact) mass is 545 g/mol. The first-order valence-electron chi connectivity index (χ1n) is 11.3. The molecule has 1 N–H and O–H groups in total. The molecule has 0 radical (unpaired) electrons. The summed E-state index contributed by atoms with van der Waals surface area (Å²) >= 11 is 0. The van der Waals surface area contributed by atoms with Crippen LogP contribution in [0, 0.1) is 5.92 Å². The van der Waals surface area contributed by atoms with Gasteiger partial charge in [0.05, 0.1) is 13.2 Å². The lowest BCUT2D eigenvalue weighted by atomic mass is 9.74. The lowest BCUT2D eigenvalue weighted by molar-refractivity contribution is 0.0529. The van der Waals surface area contributed by atoms with Crippen molar-refractivity contribution in [2.45, 2.75) is 38.0 Å². The zero-order chi connectivity index (χ0) is 20.8. The van der Waals surface area contributed by atoms with Crippen LogP contribution in [-0.4, -0.2) is 70.8 Å². The number of aliphatic imine (C=N–C) groups is 1. The van der Waals surface area contributed by atoms with E-state index >= 15 is 0 Å². The molecule has 8 heteroatoms. The van der Waals surface area contributed by atoms with Gasteiger partial charge in [-0.25, -0.2) is 0 Å². The largest absolute Gasteiger partial charge is 0.454 e. The lowest BCUT2D eigenvalue weighted by Crippen LogP contribution is -2.43. The molecule has 2 fully saturated rings. The molecule has 1 aromatic carbocycles. The number of benzene rings is 1. The average molecular weight is 545 g/mol. The zero-order valence-electron chi connectivity index (χ0n) is 18.7. The fraction of sp³-hybridized carbons (Fsp3) is 0.696. The van der Waals surface area contributed by atoms with E-state index in [9.17, 15) is 0 Å². The number of guanidine groups is 1. The molecule has 31 heavy (non-hydrogen) atoms. The highest BCUT2D eigenvalue weighted by Crippen LogP contribution is 2.41. The summed E-state index contributed by atoms with van der Waals surface area (Å²) in [5, 5.41) is 3.44. The maximum Gasteiger partial charge on any atom is 0.231 e. The molecule has 0 aromatic heterocycles. The number of ether oxygens (including phenoxy) is 4. The summed E-state index contributed by atoms with van der Waals surface area (Å²) in [6.45, 7) is 7.93. The van der Waals surface area contributed by atoms with E-state index in [2.05, 4.69) is 36.3 Å². The molecular formula is C23H36IN3O4. The van der Waals surface area contributed by atoms with Gasteiger partial charge in [-0.1, -0.05) is 6.07 Å². The van der Waals surface area contributed by atoms with Gasteiger partial charge in [0.25, 0.3) is 0 Å². The molecule has 3 aliphatic rings. The summed E-state index contributed by atoms with van der Waals surface area (Å²) in [6.07, 6.45) is 4.55. The number of rotatable bonds is 9. The van der Waals surface area contributed by atoms with Gasteiger partial charge in [0.1, 0.15) is 0 Å². The quantitative estimate of drug-likeness (QED) is 0.222. The van der Waals surface area contributed by atoms with E-state index < -0.39 is 0 Å². The first-order valence-corrected chi connectivity index (χ1v) is 11.3. The van der Waals surface area contributed by atoms with Crippen molar-refractivity contribution in [1.29, 1.82) is 0 Å². The van der Waals surface area contributed by atoms with Crippen LogP contribution in [0.1, 0.15) is 38.2 Å². The van der Waals surface area contributed by atoms with Gasteiger partial charge in [0.15, 0.2) is 17.5 Å². The molecular weight excluding hydrogens is 509 g/mol. The number of likely N-dealkylation sites (N-methyl/N-ethyl adjacent to an activating group) is 1. The van der Waals surface area contributed by atoms with E-state index in [1.165, 1.54) is 18.4 Å². The van der Waals surface area contributed by atoms with Crippen LogP contribution in [0.4, 0.5) is 0 Å². The van der Waals surface area contributed by atoms with Crippen molar-refractivity contribution in [3.63, 3.8) is 0 Å². The minimum atomic E-state index is -0.0524. The SMILES string of the molecule is CCNC(=NCC1(c2ccc3c(c2)OCO3)CCOCC1)N(C)CCOCC1CC1.I. The van der Waals surface area contributed by atoms with Crippen LogP contribution < -0.4 is 14.8 Å². The van der Waals surface area contributed by atoms with Crippen LogP contribution >= 0.6 is 24.0 Å². The molecule has 174 valence electrons. The van der Waals surface area contributed by atoms with Crippen molar-refractivity contribution < 1.29 is 18.9 Å². The Morgan fingerprint density at radius 3 is 2.74 bits per heavy atom. The Bertz CT molecular complexity index is 736. The summed E-state index contributed by atoms with van der Waals surface area (Å²) < 4.78 is 22.6. The Morgan fingerprint density at radius 1 is 1.23 bits per heavy atom. The van der Waals surface area contributed by atoms with Crippen molar-refractivity contribution in [1.82, 2.24) is 10.2 Å². The summed E-state index contributed by atoms with van der Waals surface area (Å²) in [4.78, 5) is 7.22. The minimum Gasteiger partial charge on any atom is -0.454 e. The Balaban J connectivity index is 0.00000272. The van der Waals surface area contributed by atoms with Gasteiger partial charge in [-0.2, -0.15) is 0 Å². The van der Waals surface area contributed by atoms with Crippen LogP contribution in [0.2, 0.25) is 0 Å². The molecule has 1 aliphatic carbocycles. The third kappa shape index (κ3) is 6.38. The normalized spacial score (nSPS) is 19.6. The molecule has 0 atom stereocenters. The van der Waals surface area contributed by atoms with Crippen molar-refractivity contribution in [3.05, 3.63) is 23.8 Å². The second-order valence-corrected chi connectivity index (χ2v) is 8.57. The summed E-state index contributed by atoms with van der Waals surface area (Å²) in [5.74, 6) is 3.38. The Hall–Kier alpha value is -1.26. The van der Waals surface area contributed by atoms with Gasteiger partial charge >= 0.3 is 0 Å². The van der Waals surface area contributed by atoms with Gasteiger partial charge in [-0.15, -0.1) is 24.0 Å². The van der Waals surface area contributed by atoms with Crippen LogP contribution in [0.25, 0.3) is 0 Å². The van der Waals surface area contributed by atoms with E-state index in [1.54, 1.807) is 0 Å². The number of nitrogens with zero attached hydrogens (tertiary/aromatic N) is 2. The summed E-state index contributed by atoms with van der Waals surface area (Å²) in [5.41, 5.74) is 1.20. The average Bonchev–Trinajstić information content (AvgIpc) is 3.48. The standard InChI is InChI=1S/C23H35N3O4.HI/c1-3-24-22(26(2)10-13-28-15-18-4-5-18)25-16-23(8-11-27-12-9-23)19-6-7-20-21(14-19)30-17-29-20;/h6-7,14,18H,3-5,8-13,15-17H2,1-2H3,(H,24,25);1H. The van der Waals surface area contributed by atoms with Gasteiger partial charge < -0.3 is 29.2 Å². The molecule has 7 nitrogen and oxygen atoms in total. The summed E-state index contributed by atoms with van der Waals surface area (Å²) in [7, 11) is 2.08. The highest BCUT2D eigenvalue weighted by atomic mass is 127. The van der Waals surface area contributed by atoms with Crippen LogP contribution in [0.5, 0.6) is 11.5 Å². The second kappa shape index (κ2) is 11.6. The molecule has 1 saturated heterocycles. The molecule has 0 unspecified atom stereocenters. The predicted molar refractivity (Wildman–Crippen MR) is 132 cm³/mol. The Labute approximate surface area is 202 Å². The Kier molecular flexibility index (Phi) is 9.09. The lowest BCUT2D eigenvalue weighted by Gasteiger charge is -2.37. The molecule has 2 heterocycles. The van der Waals surface area contributed by atoms with E-state index in [-0.39, 0.29) is 29.4 Å². The van der Waals surface area contributed by atoms with Crippen LogP contribution in [0.15, 0.2) is 23.2 Å².